The van der Waals surface area contributed by atoms with Crippen molar-refractivity contribution in [2.24, 2.45) is 0 Å². The lowest BCUT2D eigenvalue weighted by Gasteiger charge is -2.36. The van der Waals surface area contributed by atoms with Crippen molar-refractivity contribution in [1.82, 2.24) is 0 Å². The Kier molecular flexibility index (Phi) is 7.66. The van der Waals surface area contributed by atoms with Crippen LogP contribution in [0.2, 0.25) is 0 Å². The van der Waals surface area contributed by atoms with E-state index in [2.05, 4.69) is 5.32 Å². The van der Waals surface area contributed by atoms with Crippen LogP contribution in [0.3, 0.4) is 0 Å². The van der Waals surface area contributed by atoms with Crippen LogP contribution in [0.25, 0.3) is 0 Å². The number of ether oxygens (including phenoxy) is 2. The van der Waals surface area contributed by atoms with E-state index < -0.39 is 11.4 Å². The van der Waals surface area contributed by atoms with Crippen molar-refractivity contribution in [1.29, 1.82) is 0 Å². The standard InChI is InChI=1S/C25H30FNO4/c1-3-16-31-22-13-12-20(17-21(22)23(28)30-4-2)27-24(29)25(14-6-5-7-15-25)18-8-10-19(26)11-9-18/h8-13,17H,3-7,14-16H2,1-2H3,(H,27,29). The molecule has 0 radical (unpaired) electrons. The van der Waals surface area contributed by atoms with Gasteiger partial charge >= 0.3 is 5.97 Å². The van der Waals surface area contributed by atoms with Crippen molar-refractivity contribution >= 4 is 17.6 Å². The number of hydrogen-bond donors (Lipinski definition) is 1. The normalized spacial score (nSPS) is 15.2. The van der Waals surface area contributed by atoms with Gasteiger partial charge in [0.2, 0.25) is 5.91 Å². The summed E-state index contributed by atoms with van der Waals surface area (Å²) in [5.41, 5.74) is 0.893. The first-order valence-corrected chi connectivity index (χ1v) is 11.0. The molecule has 31 heavy (non-hydrogen) atoms. The van der Waals surface area contributed by atoms with Crippen molar-refractivity contribution in [3.05, 3.63) is 59.4 Å². The van der Waals surface area contributed by atoms with Gasteiger partial charge in [-0.15, -0.1) is 0 Å². The zero-order valence-corrected chi connectivity index (χ0v) is 18.2. The summed E-state index contributed by atoms with van der Waals surface area (Å²) in [5.74, 6) is -0.521. The SMILES string of the molecule is CCCOc1ccc(NC(=O)C2(c3ccc(F)cc3)CCCCC2)cc1C(=O)OCC. The number of amides is 1. The average molecular weight is 428 g/mol. The fourth-order valence-electron chi connectivity index (χ4n) is 4.14. The predicted octanol–water partition coefficient (Wildman–Crippen LogP) is 5.63. The van der Waals surface area contributed by atoms with E-state index in [4.69, 9.17) is 9.47 Å². The van der Waals surface area contributed by atoms with Gasteiger partial charge in [0.1, 0.15) is 17.1 Å². The average Bonchev–Trinajstić information content (AvgIpc) is 2.79. The maximum absolute atomic E-state index is 13.5. The largest absolute Gasteiger partial charge is 0.493 e. The molecule has 2 aromatic rings. The number of benzene rings is 2. The van der Waals surface area contributed by atoms with Gasteiger partial charge < -0.3 is 14.8 Å². The summed E-state index contributed by atoms with van der Waals surface area (Å²) in [5, 5.41) is 2.99. The lowest BCUT2D eigenvalue weighted by Crippen LogP contribution is -2.42. The van der Waals surface area contributed by atoms with E-state index in [0.717, 1.165) is 31.2 Å². The van der Waals surface area contributed by atoms with Gasteiger partial charge in [0.25, 0.3) is 0 Å². The van der Waals surface area contributed by atoms with Gasteiger partial charge in [0, 0.05) is 5.69 Å². The second-order valence-electron chi connectivity index (χ2n) is 7.88. The molecule has 0 aromatic heterocycles. The third-order valence-corrected chi connectivity index (χ3v) is 5.73. The number of carbonyl (C=O) groups is 2. The quantitative estimate of drug-likeness (QED) is 0.555. The van der Waals surface area contributed by atoms with E-state index in [1.807, 2.05) is 6.92 Å². The van der Waals surface area contributed by atoms with Gasteiger partial charge in [0.05, 0.1) is 18.6 Å². The van der Waals surface area contributed by atoms with E-state index in [-0.39, 0.29) is 23.9 Å². The Morgan fingerprint density at radius 1 is 1.03 bits per heavy atom. The summed E-state index contributed by atoms with van der Waals surface area (Å²) in [6.45, 7) is 4.45. The van der Waals surface area contributed by atoms with E-state index in [1.54, 1.807) is 37.3 Å². The molecule has 0 bridgehead atoms. The molecule has 1 N–H and O–H groups in total. The Morgan fingerprint density at radius 2 is 1.74 bits per heavy atom. The van der Waals surface area contributed by atoms with Crippen molar-refractivity contribution in [3.63, 3.8) is 0 Å². The molecule has 6 heteroatoms. The number of rotatable bonds is 8. The Hall–Kier alpha value is -2.89. The van der Waals surface area contributed by atoms with Crippen molar-refractivity contribution < 1.29 is 23.5 Å². The Morgan fingerprint density at radius 3 is 2.39 bits per heavy atom. The van der Waals surface area contributed by atoms with Crippen LogP contribution in [0.4, 0.5) is 10.1 Å². The molecule has 2 aromatic carbocycles. The minimum Gasteiger partial charge on any atom is -0.493 e. The maximum Gasteiger partial charge on any atom is 0.341 e. The van der Waals surface area contributed by atoms with Crippen molar-refractivity contribution in [2.75, 3.05) is 18.5 Å². The topological polar surface area (TPSA) is 64.6 Å². The summed E-state index contributed by atoms with van der Waals surface area (Å²) in [6, 6.07) is 11.2. The molecule has 3 rings (SSSR count). The van der Waals surface area contributed by atoms with Gasteiger partial charge in [-0.2, -0.15) is 0 Å². The smallest absolute Gasteiger partial charge is 0.341 e. The van der Waals surface area contributed by atoms with Crippen molar-refractivity contribution in [3.8, 4) is 5.75 Å². The molecule has 0 atom stereocenters. The lowest BCUT2D eigenvalue weighted by molar-refractivity contribution is -0.122. The summed E-state index contributed by atoms with van der Waals surface area (Å²) >= 11 is 0. The predicted molar refractivity (Wildman–Crippen MR) is 118 cm³/mol. The molecule has 1 aliphatic carbocycles. The molecule has 0 saturated heterocycles. The van der Waals surface area contributed by atoms with Crippen LogP contribution in [0.15, 0.2) is 42.5 Å². The summed E-state index contributed by atoms with van der Waals surface area (Å²) in [6.07, 6.45) is 5.15. The van der Waals surface area contributed by atoms with Crippen LogP contribution in [0.5, 0.6) is 5.75 Å². The van der Waals surface area contributed by atoms with Gasteiger partial charge in [-0.1, -0.05) is 38.3 Å². The summed E-state index contributed by atoms with van der Waals surface area (Å²) < 4.78 is 24.3. The number of esters is 1. The number of carbonyl (C=O) groups excluding carboxylic acids is 2. The van der Waals surface area contributed by atoms with Gasteiger partial charge in [-0.25, -0.2) is 9.18 Å². The molecule has 166 valence electrons. The first-order chi connectivity index (χ1) is 15.0. The van der Waals surface area contributed by atoms with E-state index >= 15 is 0 Å². The van der Waals surface area contributed by atoms with Gasteiger partial charge in [0.15, 0.2) is 0 Å². The maximum atomic E-state index is 13.5. The first kappa shape index (κ1) is 22.8. The third-order valence-electron chi connectivity index (χ3n) is 5.73. The highest BCUT2D eigenvalue weighted by Crippen LogP contribution is 2.40. The van der Waals surface area contributed by atoms with Crippen LogP contribution in [-0.4, -0.2) is 25.1 Å². The molecule has 5 nitrogen and oxygen atoms in total. The van der Waals surface area contributed by atoms with Crippen LogP contribution >= 0.6 is 0 Å². The monoisotopic (exact) mass is 427 g/mol. The van der Waals surface area contributed by atoms with E-state index in [9.17, 15) is 14.0 Å². The molecule has 1 aliphatic rings. The number of hydrogen-bond acceptors (Lipinski definition) is 4. The molecule has 0 unspecified atom stereocenters. The lowest BCUT2D eigenvalue weighted by atomic mass is 9.68. The number of nitrogens with one attached hydrogen (secondary N) is 1. The molecule has 1 saturated carbocycles. The van der Waals surface area contributed by atoms with E-state index in [0.29, 0.717) is 30.9 Å². The zero-order valence-electron chi connectivity index (χ0n) is 18.2. The summed E-state index contributed by atoms with van der Waals surface area (Å²) in [4.78, 5) is 25.9. The van der Waals surface area contributed by atoms with Crippen LogP contribution < -0.4 is 10.1 Å². The number of halogens is 1. The second-order valence-corrected chi connectivity index (χ2v) is 7.88. The van der Waals surface area contributed by atoms with E-state index in [1.165, 1.54) is 12.1 Å². The van der Waals surface area contributed by atoms with Crippen LogP contribution in [0.1, 0.15) is 68.3 Å². The minimum atomic E-state index is -0.715. The Bertz CT molecular complexity index is 904. The Labute approximate surface area is 182 Å². The second kappa shape index (κ2) is 10.4. The minimum absolute atomic E-state index is 0.143. The molecule has 0 heterocycles. The number of anilines is 1. The zero-order chi connectivity index (χ0) is 22.3. The van der Waals surface area contributed by atoms with Crippen LogP contribution in [0, 0.1) is 5.82 Å². The molecule has 0 aliphatic heterocycles. The molecule has 1 fully saturated rings. The molecular formula is C25H30FNO4. The molecule has 0 spiro atoms. The first-order valence-electron chi connectivity index (χ1n) is 11.0. The molecule has 1 amide bonds. The highest BCUT2D eigenvalue weighted by atomic mass is 19.1. The van der Waals surface area contributed by atoms with Gasteiger partial charge in [-0.05, 0) is 62.1 Å². The fourth-order valence-corrected chi connectivity index (χ4v) is 4.14. The van der Waals surface area contributed by atoms with Crippen molar-refractivity contribution in [2.45, 2.75) is 57.8 Å². The highest BCUT2D eigenvalue weighted by Gasteiger charge is 2.41. The Balaban J connectivity index is 1.90. The van der Waals surface area contributed by atoms with Gasteiger partial charge in [-0.3, -0.25) is 4.79 Å². The molecular weight excluding hydrogens is 397 g/mol. The highest BCUT2D eigenvalue weighted by molar-refractivity contribution is 6.01. The summed E-state index contributed by atoms with van der Waals surface area (Å²) in [7, 11) is 0. The third kappa shape index (κ3) is 5.24. The van der Waals surface area contributed by atoms with Crippen LogP contribution in [-0.2, 0) is 14.9 Å². The fraction of sp³-hybridized carbons (Fsp3) is 0.440.